The molecular formula is C18H17N3O3. The Morgan fingerprint density at radius 2 is 1.83 bits per heavy atom. The Morgan fingerprint density at radius 1 is 1.08 bits per heavy atom. The number of rotatable bonds is 5. The molecule has 2 amide bonds. The molecule has 6 nitrogen and oxygen atoms in total. The number of para-hydroxylation sites is 2. The summed E-state index contributed by atoms with van der Waals surface area (Å²) in [6, 6.07) is 13.8. The van der Waals surface area contributed by atoms with Gasteiger partial charge in [0, 0.05) is 11.3 Å². The van der Waals surface area contributed by atoms with E-state index in [1.807, 2.05) is 0 Å². The van der Waals surface area contributed by atoms with E-state index in [9.17, 15) is 14.7 Å². The summed E-state index contributed by atoms with van der Waals surface area (Å²) in [5, 5.41) is 16.2. The second kappa shape index (κ2) is 8.28. The van der Waals surface area contributed by atoms with Gasteiger partial charge in [0.25, 0.3) is 0 Å². The van der Waals surface area contributed by atoms with Crippen LogP contribution in [0.1, 0.15) is 11.1 Å². The fraction of sp³-hybridized carbons (Fsp3) is 0.0556. The summed E-state index contributed by atoms with van der Waals surface area (Å²) in [5.41, 5.74) is 3.75. The van der Waals surface area contributed by atoms with Gasteiger partial charge in [0.2, 0.25) is 0 Å². The van der Waals surface area contributed by atoms with E-state index in [-0.39, 0.29) is 5.75 Å². The number of phenolic OH excluding ortho intramolecular Hbond substituents is 1. The first kappa shape index (κ1) is 17.0. The molecule has 0 radical (unpaired) electrons. The highest BCUT2D eigenvalue weighted by Gasteiger charge is 2.12. The molecule has 0 saturated carbocycles. The number of amides is 2. The Hall–Kier alpha value is -3.41. The van der Waals surface area contributed by atoms with E-state index in [0.717, 1.165) is 0 Å². The smallest absolute Gasteiger partial charge is 0.329 e. The molecule has 0 heterocycles. The van der Waals surface area contributed by atoms with Crippen LogP contribution in [0.4, 0.5) is 5.69 Å². The molecule has 2 aromatic rings. The van der Waals surface area contributed by atoms with Crippen molar-refractivity contribution in [1.82, 2.24) is 5.43 Å². The number of carbonyl (C=O) groups excluding carboxylic acids is 2. The largest absolute Gasteiger partial charge is 0.507 e. The normalized spacial score (nSPS) is 10.3. The van der Waals surface area contributed by atoms with Gasteiger partial charge in [0.15, 0.2) is 0 Å². The molecule has 0 fully saturated rings. The van der Waals surface area contributed by atoms with Gasteiger partial charge in [-0.15, -0.1) is 6.58 Å². The Morgan fingerprint density at radius 3 is 2.54 bits per heavy atom. The zero-order valence-electron chi connectivity index (χ0n) is 12.9. The Labute approximate surface area is 139 Å². The van der Waals surface area contributed by atoms with Crippen LogP contribution in [0.5, 0.6) is 5.75 Å². The Balaban J connectivity index is 1.96. The lowest BCUT2D eigenvalue weighted by Gasteiger charge is -2.05. The minimum atomic E-state index is -0.906. The molecule has 24 heavy (non-hydrogen) atoms. The molecule has 0 aliphatic heterocycles. The van der Waals surface area contributed by atoms with E-state index >= 15 is 0 Å². The number of allylic oxidation sites excluding steroid dienone is 1. The van der Waals surface area contributed by atoms with Gasteiger partial charge in [0.1, 0.15) is 5.75 Å². The maximum absolute atomic E-state index is 11.7. The topological polar surface area (TPSA) is 90.8 Å². The van der Waals surface area contributed by atoms with Crippen LogP contribution in [0.2, 0.25) is 0 Å². The standard InChI is InChI=1S/C18H17N3O3/c1-2-7-13-8-6-9-14(16(13)22)12-19-21-18(24)17(23)20-15-10-4-3-5-11-15/h2-6,8-12,22H,1,7H2,(H,20,23)(H,21,24). The molecule has 0 aliphatic rings. The summed E-state index contributed by atoms with van der Waals surface area (Å²) in [7, 11) is 0. The molecule has 0 bridgehead atoms. The van der Waals surface area contributed by atoms with Crippen LogP contribution in [0.25, 0.3) is 0 Å². The molecule has 0 aromatic heterocycles. The summed E-state index contributed by atoms with van der Waals surface area (Å²) >= 11 is 0. The number of benzene rings is 2. The van der Waals surface area contributed by atoms with E-state index < -0.39 is 11.8 Å². The van der Waals surface area contributed by atoms with E-state index in [4.69, 9.17) is 0 Å². The number of hydrogen-bond donors (Lipinski definition) is 3. The lowest BCUT2D eigenvalue weighted by atomic mass is 10.1. The quantitative estimate of drug-likeness (QED) is 0.341. The predicted molar refractivity (Wildman–Crippen MR) is 92.8 cm³/mol. The Kier molecular flexibility index (Phi) is 5.85. The van der Waals surface area contributed by atoms with Crippen molar-refractivity contribution in [2.75, 3.05) is 5.32 Å². The van der Waals surface area contributed by atoms with Crippen molar-refractivity contribution in [3.05, 3.63) is 72.3 Å². The zero-order chi connectivity index (χ0) is 17.4. The summed E-state index contributed by atoms with van der Waals surface area (Å²) < 4.78 is 0. The van der Waals surface area contributed by atoms with Gasteiger partial charge in [-0.2, -0.15) is 5.10 Å². The fourth-order valence-corrected chi connectivity index (χ4v) is 1.96. The molecule has 0 aliphatic carbocycles. The third kappa shape index (κ3) is 4.54. The summed E-state index contributed by atoms with van der Waals surface area (Å²) in [5.74, 6) is -1.68. The highest BCUT2D eigenvalue weighted by molar-refractivity contribution is 6.39. The van der Waals surface area contributed by atoms with Crippen LogP contribution in [0, 0.1) is 0 Å². The first-order chi connectivity index (χ1) is 11.6. The summed E-state index contributed by atoms with van der Waals surface area (Å²) in [6.07, 6.45) is 3.46. The van der Waals surface area contributed by atoms with Crippen molar-refractivity contribution in [3.63, 3.8) is 0 Å². The first-order valence-electron chi connectivity index (χ1n) is 7.23. The lowest BCUT2D eigenvalue weighted by Crippen LogP contribution is -2.32. The van der Waals surface area contributed by atoms with Crippen molar-refractivity contribution in [3.8, 4) is 5.75 Å². The minimum absolute atomic E-state index is 0.0594. The molecule has 6 heteroatoms. The monoisotopic (exact) mass is 323 g/mol. The summed E-state index contributed by atoms with van der Waals surface area (Å²) in [6.45, 7) is 3.62. The van der Waals surface area contributed by atoms with Gasteiger partial charge in [-0.3, -0.25) is 9.59 Å². The highest BCUT2D eigenvalue weighted by Crippen LogP contribution is 2.21. The van der Waals surface area contributed by atoms with Gasteiger partial charge in [0.05, 0.1) is 6.21 Å². The Bertz CT molecular complexity index is 770. The number of hydrazone groups is 1. The second-order valence-electron chi connectivity index (χ2n) is 4.87. The van der Waals surface area contributed by atoms with Gasteiger partial charge in [-0.25, -0.2) is 5.43 Å². The first-order valence-corrected chi connectivity index (χ1v) is 7.23. The van der Waals surface area contributed by atoms with Crippen molar-refractivity contribution in [2.45, 2.75) is 6.42 Å². The average molecular weight is 323 g/mol. The van der Waals surface area contributed by atoms with Gasteiger partial charge >= 0.3 is 11.8 Å². The van der Waals surface area contributed by atoms with E-state index in [0.29, 0.717) is 23.2 Å². The van der Waals surface area contributed by atoms with Crippen LogP contribution in [0.3, 0.4) is 0 Å². The summed E-state index contributed by atoms with van der Waals surface area (Å²) in [4.78, 5) is 23.4. The van der Waals surface area contributed by atoms with E-state index in [1.165, 1.54) is 6.21 Å². The van der Waals surface area contributed by atoms with Crippen LogP contribution >= 0.6 is 0 Å². The number of aromatic hydroxyl groups is 1. The number of nitrogens with one attached hydrogen (secondary N) is 2. The third-order valence-corrected chi connectivity index (χ3v) is 3.12. The van der Waals surface area contributed by atoms with Gasteiger partial charge in [-0.1, -0.05) is 36.4 Å². The molecule has 2 aromatic carbocycles. The number of phenols is 1. The SMILES string of the molecule is C=CCc1cccc(C=NNC(=O)C(=O)Nc2ccccc2)c1O. The molecule has 0 saturated heterocycles. The minimum Gasteiger partial charge on any atom is -0.507 e. The maximum Gasteiger partial charge on any atom is 0.329 e. The molecule has 3 N–H and O–H groups in total. The van der Waals surface area contributed by atoms with E-state index in [2.05, 4.69) is 22.4 Å². The number of nitrogens with zero attached hydrogens (tertiary/aromatic N) is 1. The predicted octanol–water partition coefficient (Wildman–Crippen LogP) is 2.21. The van der Waals surface area contributed by atoms with E-state index in [1.54, 1.807) is 54.6 Å². The molecule has 0 unspecified atom stereocenters. The average Bonchev–Trinajstić information content (AvgIpc) is 2.59. The third-order valence-electron chi connectivity index (χ3n) is 3.12. The fourth-order valence-electron chi connectivity index (χ4n) is 1.96. The zero-order valence-corrected chi connectivity index (χ0v) is 12.9. The van der Waals surface area contributed by atoms with Crippen LogP contribution in [0.15, 0.2) is 66.3 Å². The van der Waals surface area contributed by atoms with Crippen molar-refractivity contribution >= 4 is 23.7 Å². The van der Waals surface area contributed by atoms with Crippen LogP contribution in [-0.4, -0.2) is 23.1 Å². The van der Waals surface area contributed by atoms with Gasteiger partial charge in [-0.05, 0) is 30.2 Å². The van der Waals surface area contributed by atoms with Crippen LogP contribution < -0.4 is 10.7 Å². The number of hydrogen-bond acceptors (Lipinski definition) is 4. The maximum atomic E-state index is 11.7. The molecular weight excluding hydrogens is 306 g/mol. The molecule has 0 atom stereocenters. The number of anilines is 1. The molecule has 122 valence electrons. The van der Waals surface area contributed by atoms with Gasteiger partial charge < -0.3 is 10.4 Å². The van der Waals surface area contributed by atoms with Crippen LogP contribution in [-0.2, 0) is 16.0 Å². The molecule has 0 spiro atoms. The van der Waals surface area contributed by atoms with Crippen molar-refractivity contribution < 1.29 is 14.7 Å². The molecule has 2 rings (SSSR count). The van der Waals surface area contributed by atoms with Crippen molar-refractivity contribution in [2.24, 2.45) is 5.10 Å². The van der Waals surface area contributed by atoms with Crippen molar-refractivity contribution in [1.29, 1.82) is 0 Å². The number of carbonyl (C=O) groups is 2. The lowest BCUT2D eigenvalue weighted by molar-refractivity contribution is -0.136. The second-order valence-corrected chi connectivity index (χ2v) is 4.87. The highest BCUT2D eigenvalue weighted by atomic mass is 16.3.